The summed E-state index contributed by atoms with van der Waals surface area (Å²) >= 11 is 0. The van der Waals surface area contributed by atoms with Gasteiger partial charge in [0.05, 0.1) is 11.3 Å². The molecule has 0 radical (unpaired) electrons. The van der Waals surface area contributed by atoms with Gasteiger partial charge in [0, 0.05) is 19.8 Å². The Balaban J connectivity index is 1.87. The summed E-state index contributed by atoms with van der Waals surface area (Å²) in [6.45, 7) is 2.48. The van der Waals surface area contributed by atoms with Crippen LogP contribution in [0.1, 0.15) is 21.6 Å². The predicted molar refractivity (Wildman–Crippen MR) is 70.4 cm³/mol. The van der Waals surface area contributed by atoms with E-state index in [-0.39, 0.29) is 5.91 Å². The molecule has 2 rings (SSSR count). The Morgan fingerprint density at radius 3 is 2.67 bits per heavy atom. The molecular formula is C14H17N3O. The Labute approximate surface area is 107 Å². The average Bonchev–Trinajstić information content (AvgIpc) is 2.70. The van der Waals surface area contributed by atoms with E-state index in [0.717, 1.165) is 12.1 Å². The highest BCUT2D eigenvalue weighted by Gasteiger charge is 2.11. The van der Waals surface area contributed by atoms with E-state index in [1.54, 1.807) is 10.9 Å². The van der Waals surface area contributed by atoms with Gasteiger partial charge in [0.2, 0.25) is 0 Å². The number of nitrogens with one attached hydrogen (secondary N) is 1. The van der Waals surface area contributed by atoms with E-state index in [4.69, 9.17) is 0 Å². The fourth-order valence-electron chi connectivity index (χ4n) is 1.88. The molecule has 1 aromatic carbocycles. The number of carbonyl (C=O) groups is 1. The number of amides is 1. The van der Waals surface area contributed by atoms with Gasteiger partial charge in [-0.2, -0.15) is 5.10 Å². The van der Waals surface area contributed by atoms with E-state index in [0.29, 0.717) is 12.1 Å². The lowest BCUT2D eigenvalue weighted by molar-refractivity contribution is 0.0953. The van der Waals surface area contributed by atoms with Crippen molar-refractivity contribution in [3.05, 3.63) is 53.3 Å². The van der Waals surface area contributed by atoms with E-state index >= 15 is 0 Å². The average molecular weight is 243 g/mol. The van der Waals surface area contributed by atoms with Crippen molar-refractivity contribution in [3.63, 3.8) is 0 Å². The first-order valence-corrected chi connectivity index (χ1v) is 5.99. The maximum Gasteiger partial charge on any atom is 0.254 e. The minimum Gasteiger partial charge on any atom is -0.352 e. The molecule has 0 spiro atoms. The molecule has 1 aromatic heterocycles. The molecule has 0 bridgehead atoms. The topological polar surface area (TPSA) is 46.9 Å². The molecule has 0 saturated heterocycles. The summed E-state index contributed by atoms with van der Waals surface area (Å²) in [4.78, 5) is 11.9. The summed E-state index contributed by atoms with van der Waals surface area (Å²) in [6.07, 6.45) is 2.58. The van der Waals surface area contributed by atoms with Gasteiger partial charge in [-0.15, -0.1) is 0 Å². The first kappa shape index (κ1) is 12.4. The van der Waals surface area contributed by atoms with E-state index in [9.17, 15) is 4.79 Å². The molecule has 0 saturated carbocycles. The van der Waals surface area contributed by atoms with E-state index in [1.165, 1.54) is 5.56 Å². The maximum absolute atomic E-state index is 11.9. The van der Waals surface area contributed by atoms with E-state index in [2.05, 4.69) is 22.5 Å². The Bertz CT molecular complexity index is 531. The third-order valence-electron chi connectivity index (χ3n) is 2.80. The third-order valence-corrected chi connectivity index (χ3v) is 2.80. The van der Waals surface area contributed by atoms with Gasteiger partial charge in [0.15, 0.2) is 0 Å². The molecule has 0 unspecified atom stereocenters. The van der Waals surface area contributed by atoms with Crippen LogP contribution in [-0.2, 0) is 13.5 Å². The number of aryl methyl sites for hydroxylation is 2. The lowest BCUT2D eigenvalue weighted by Gasteiger charge is -2.04. The van der Waals surface area contributed by atoms with Gasteiger partial charge in [-0.3, -0.25) is 9.48 Å². The van der Waals surface area contributed by atoms with Crippen LogP contribution >= 0.6 is 0 Å². The minimum absolute atomic E-state index is 0.0588. The van der Waals surface area contributed by atoms with Gasteiger partial charge < -0.3 is 5.32 Å². The summed E-state index contributed by atoms with van der Waals surface area (Å²) in [5.41, 5.74) is 2.63. The summed E-state index contributed by atoms with van der Waals surface area (Å²) in [7, 11) is 1.81. The number of aromatic nitrogens is 2. The van der Waals surface area contributed by atoms with Crippen LogP contribution in [0.25, 0.3) is 0 Å². The predicted octanol–water partition coefficient (Wildman–Crippen LogP) is 1.70. The second-order valence-corrected chi connectivity index (χ2v) is 4.29. The SMILES string of the molecule is Cc1nn(C)cc1C(=O)NCCc1ccccc1. The van der Waals surface area contributed by atoms with Crippen LogP contribution < -0.4 is 5.32 Å². The summed E-state index contributed by atoms with van der Waals surface area (Å²) in [5, 5.41) is 7.06. The van der Waals surface area contributed by atoms with Crippen molar-refractivity contribution in [3.8, 4) is 0 Å². The van der Waals surface area contributed by atoms with Crippen molar-refractivity contribution in [1.29, 1.82) is 0 Å². The van der Waals surface area contributed by atoms with Gasteiger partial charge in [-0.25, -0.2) is 0 Å². The zero-order chi connectivity index (χ0) is 13.0. The van der Waals surface area contributed by atoms with Crippen LogP contribution in [-0.4, -0.2) is 22.2 Å². The fourth-order valence-corrected chi connectivity index (χ4v) is 1.88. The van der Waals surface area contributed by atoms with Crippen LogP contribution in [0.15, 0.2) is 36.5 Å². The van der Waals surface area contributed by atoms with Crippen LogP contribution in [0.5, 0.6) is 0 Å². The van der Waals surface area contributed by atoms with Gasteiger partial charge in [0.1, 0.15) is 0 Å². The molecule has 1 heterocycles. The quantitative estimate of drug-likeness (QED) is 0.888. The molecule has 0 fully saturated rings. The van der Waals surface area contributed by atoms with Crippen LogP contribution in [0.2, 0.25) is 0 Å². The second-order valence-electron chi connectivity index (χ2n) is 4.29. The molecule has 1 N–H and O–H groups in total. The Morgan fingerprint density at radius 1 is 1.33 bits per heavy atom. The summed E-state index contributed by atoms with van der Waals surface area (Å²) < 4.78 is 1.65. The molecular weight excluding hydrogens is 226 g/mol. The number of nitrogens with zero attached hydrogens (tertiary/aromatic N) is 2. The van der Waals surface area contributed by atoms with Crippen molar-refractivity contribution in [2.24, 2.45) is 7.05 Å². The molecule has 4 heteroatoms. The first-order chi connectivity index (χ1) is 8.66. The van der Waals surface area contributed by atoms with Crippen LogP contribution in [0.4, 0.5) is 0 Å². The molecule has 0 atom stereocenters. The maximum atomic E-state index is 11.9. The second kappa shape index (κ2) is 5.49. The number of carbonyl (C=O) groups excluding carboxylic acids is 1. The molecule has 0 aliphatic heterocycles. The summed E-state index contributed by atoms with van der Waals surface area (Å²) in [5.74, 6) is -0.0588. The van der Waals surface area contributed by atoms with Gasteiger partial charge in [-0.1, -0.05) is 30.3 Å². The lowest BCUT2D eigenvalue weighted by atomic mass is 10.1. The minimum atomic E-state index is -0.0588. The van der Waals surface area contributed by atoms with Crippen molar-refractivity contribution >= 4 is 5.91 Å². The van der Waals surface area contributed by atoms with Crippen LogP contribution in [0.3, 0.4) is 0 Å². The molecule has 1 amide bonds. The number of hydrogen-bond acceptors (Lipinski definition) is 2. The van der Waals surface area contributed by atoms with Crippen molar-refractivity contribution in [2.45, 2.75) is 13.3 Å². The molecule has 2 aromatic rings. The third kappa shape index (κ3) is 2.97. The van der Waals surface area contributed by atoms with Crippen molar-refractivity contribution < 1.29 is 4.79 Å². The molecule has 0 aliphatic carbocycles. The van der Waals surface area contributed by atoms with Crippen molar-refractivity contribution in [1.82, 2.24) is 15.1 Å². The first-order valence-electron chi connectivity index (χ1n) is 5.99. The lowest BCUT2D eigenvalue weighted by Crippen LogP contribution is -2.25. The highest BCUT2D eigenvalue weighted by Crippen LogP contribution is 2.04. The Kier molecular flexibility index (Phi) is 3.77. The highest BCUT2D eigenvalue weighted by molar-refractivity contribution is 5.94. The Hall–Kier alpha value is -2.10. The van der Waals surface area contributed by atoms with Crippen molar-refractivity contribution in [2.75, 3.05) is 6.54 Å². The normalized spacial score (nSPS) is 10.3. The van der Waals surface area contributed by atoms with Crippen LogP contribution in [0, 0.1) is 6.92 Å². The van der Waals surface area contributed by atoms with Gasteiger partial charge >= 0.3 is 0 Å². The standard InChI is InChI=1S/C14H17N3O/c1-11-13(10-17(2)16-11)14(18)15-9-8-12-6-4-3-5-7-12/h3-7,10H,8-9H2,1-2H3,(H,15,18). The number of benzene rings is 1. The molecule has 4 nitrogen and oxygen atoms in total. The molecule has 94 valence electrons. The fraction of sp³-hybridized carbons (Fsp3) is 0.286. The van der Waals surface area contributed by atoms with Gasteiger partial charge in [-0.05, 0) is 18.9 Å². The highest BCUT2D eigenvalue weighted by atomic mass is 16.1. The summed E-state index contributed by atoms with van der Waals surface area (Å²) in [6, 6.07) is 10.1. The van der Waals surface area contributed by atoms with E-state index in [1.807, 2.05) is 32.2 Å². The number of hydrogen-bond donors (Lipinski definition) is 1. The van der Waals surface area contributed by atoms with Gasteiger partial charge in [0.25, 0.3) is 5.91 Å². The molecule has 0 aliphatic rings. The monoisotopic (exact) mass is 243 g/mol. The zero-order valence-electron chi connectivity index (χ0n) is 10.7. The largest absolute Gasteiger partial charge is 0.352 e. The smallest absolute Gasteiger partial charge is 0.254 e. The zero-order valence-corrected chi connectivity index (χ0v) is 10.7. The van der Waals surface area contributed by atoms with E-state index < -0.39 is 0 Å². The Morgan fingerprint density at radius 2 is 2.06 bits per heavy atom. The molecule has 18 heavy (non-hydrogen) atoms. The number of rotatable bonds is 4.